The molecule has 1 aliphatic rings. The second kappa shape index (κ2) is 8.38. The van der Waals surface area contributed by atoms with Gasteiger partial charge in [0.1, 0.15) is 0 Å². The summed E-state index contributed by atoms with van der Waals surface area (Å²) in [6.45, 7) is 4.07. The molecule has 0 bridgehead atoms. The fourth-order valence-corrected chi connectivity index (χ4v) is 2.43. The van der Waals surface area contributed by atoms with Crippen LogP contribution in [0.1, 0.15) is 19.8 Å². The van der Waals surface area contributed by atoms with Gasteiger partial charge in [-0.3, -0.25) is 5.32 Å². The second-order valence-corrected chi connectivity index (χ2v) is 5.60. The number of likely N-dealkylation sites (tertiary alicyclic amines) is 1. The number of hydrogen-bond donors (Lipinski definition) is 3. The lowest BCUT2D eigenvalue weighted by Crippen LogP contribution is -2.44. The number of carbonyl (C=O) groups excluding carboxylic acids is 2. The lowest BCUT2D eigenvalue weighted by molar-refractivity contribution is 0.168. The normalized spacial score (nSPS) is 15.7. The van der Waals surface area contributed by atoms with Crippen LogP contribution in [0.4, 0.5) is 21.0 Å². The van der Waals surface area contributed by atoms with Gasteiger partial charge >= 0.3 is 12.1 Å². The first-order valence-electron chi connectivity index (χ1n) is 7.86. The van der Waals surface area contributed by atoms with E-state index in [0.29, 0.717) is 18.0 Å². The van der Waals surface area contributed by atoms with E-state index < -0.39 is 6.09 Å². The van der Waals surface area contributed by atoms with Crippen LogP contribution >= 0.6 is 0 Å². The van der Waals surface area contributed by atoms with Crippen molar-refractivity contribution in [1.82, 2.24) is 10.2 Å². The van der Waals surface area contributed by atoms with Gasteiger partial charge in [-0.1, -0.05) is 0 Å². The third-order valence-corrected chi connectivity index (χ3v) is 3.72. The smallest absolute Gasteiger partial charge is 0.411 e. The largest absolute Gasteiger partial charge is 0.450 e. The molecule has 23 heavy (non-hydrogen) atoms. The first-order valence-corrected chi connectivity index (χ1v) is 7.86. The summed E-state index contributed by atoms with van der Waals surface area (Å²) >= 11 is 0. The van der Waals surface area contributed by atoms with Gasteiger partial charge in [0.25, 0.3) is 0 Å². The van der Waals surface area contributed by atoms with Crippen LogP contribution in [-0.2, 0) is 4.74 Å². The van der Waals surface area contributed by atoms with Crippen LogP contribution < -0.4 is 16.0 Å². The minimum absolute atomic E-state index is 0.203. The topological polar surface area (TPSA) is 82.7 Å². The van der Waals surface area contributed by atoms with E-state index in [2.05, 4.69) is 27.9 Å². The van der Waals surface area contributed by atoms with Crippen molar-refractivity contribution >= 4 is 23.5 Å². The Morgan fingerprint density at radius 1 is 1.13 bits per heavy atom. The van der Waals surface area contributed by atoms with E-state index in [-0.39, 0.29) is 12.1 Å². The lowest BCUT2D eigenvalue weighted by Gasteiger charge is -2.29. The molecule has 3 N–H and O–H groups in total. The number of carbonyl (C=O) groups is 2. The molecule has 7 heteroatoms. The number of piperidine rings is 1. The van der Waals surface area contributed by atoms with Gasteiger partial charge in [0.15, 0.2) is 0 Å². The number of nitrogens with one attached hydrogen (secondary N) is 3. The zero-order valence-electron chi connectivity index (χ0n) is 13.6. The van der Waals surface area contributed by atoms with E-state index >= 15 is 0 Å². The maximum absolute atomic E-state index is 12.0. The number of rotatable bonds is 4. The van der Waals surface area contributed by atoms with Gasteiger partial charge in [-0.2, -0.15) is 0 Å². The summed E-state index contributed by atoms with van der Waals surface area (Å²) in [5, 5.41) is 8.38. The van der Waals surface area contributed by atoms with Crippen molar-refractivity contribution in [3.8, 4) is 0 Å². The molecule has 1 fully saturated rings. The van der Waals surface area contributed by atoms with Crippen molar-refractivity contribution in [2.45, 2.75) is 25.8 Å². The number of benzene rings is 1. The Balaban J connectivity index is 1.78. The summed E-state index contributed by atoms with van der Waals surface area (Å²) < 4.78 is 4.80. The molecule has 0 atom stereocenters. The summed E-state index contributed by atoms with van der Waals surface area (Å²) in [6, 6.07) is 6.90. The Labute approximate surface area is 136 Å². The number of amides is 3. The third-order valence-electron chi connectivity index (χ3n) is 3.72. The molecule has 1 aliphatic heterocycles. The molecule has 2 rings (SSSR count). The minimum Gasteiger partial charge on any atom is -0.450 e. The molecule has 0 aromatic heterocycles. The molecule has 1 aromatic carbocycles. The lowest BCUT2D eigenvalue weighted by atomic mass is 10.1. The molecule has 0 unspecified atom stereocenters. The van der Waals surface area contributed by atoms with Crippen LogP contribution in [-0.4, -0.2) is 49.8 Å². The summed E-state index contributed by atoms with van der Waals surface area (Å²) in [4.78, 5) is 25.5. The van der Waals surface area contributed by atoms with Gasteiger partial charge < -0.3 is 20.3 Å². The van der Waals surface area contributed by atoms with Gasteiger partial charge in [-0.15, -0.1) is 0 Å². The highest BCUT2D eigenvalue weighted by Gasteiger charge is 2.18. The molecule has 3 amide bonds. The van der Waals surface area contributed by atoms with Crippen LogP contribution in [0.2, 0.25) is 0 Å². The van der Waals surface area contributed by atoms with E-state index in [1.807, 2.05) is 0 Å². The Morgan fingerprint density at radius 2 is 1.70 bits per heavy atom. The molecular formula is C16H24N4O3. The minimum atomic E-state index is -0.492. The predicted octanol–water partition coefficient (Wildman–Crippen LogP) is 2.47. The quantitative estimate of drug-likeness (QED) is 0.796. The maximum Gasteiger partial charge on any atom is 0.411 e. The van der Waals surface area contributed by atoms with E-state index in [1.165, 1.54) is 0 Å². The molecule has 0 saturated carbocycles. The number of hydrogen-bond acceptors (Lipinski definition) is 4. The summed E-state index contributed by atoms with van der Waals surface area (Å²) in [5.74, 6) is 0. The highest BCUT2D eigenvalue weighted by molar-refractivity contribution is 5.90. The van der Waals surface area contributed by atoms with E-state index in [4.69, 9.17) is 4.74 Å². The molecule has 1 heterocycles. The molecule has 7 nitrogen and oxygen atoms in total. The van der Waals surface area contributed by atoms with Crippen LogP contribution in [0.15, 0.2) is 24.3 Å². The monoisotopic (exact) mass is 320 g/mol. The Hall–Kier alpha value is -2.28. The predicted molar refractivity (Wildman–Crippen MR) is 89.8 cm³/mol. The number of anilines is 2. The van der Waals surface area contributed by atoms with E-state index in [0.717, 1.165) is 25.9 Å². The van der Waals surface area contributed by atoms with Crippen LogP contribution in [0.5, 0.6) is 0 Å². The molecule has 1 aromatic rings. The number of nitrogens with zero attached hydrogens (tertiary/aromatic N) is 1. The molecule has 0 spiro atoms. The van der Waals surface area contributed by atoms with Gasteiger partial charge in [0, 0.05) is 17.4 Å². The summed E-state index contributed by atoms with van der Waals surface area (Å²) in [5.41, 5.74) is 1.29. The van der Waals surface area contributed by atoms with Crippen LogP contribution in [0, 0.1) is 0 Å². The fourth-order valence-electron chi connectivity index (χ4n) is 2.43. The van der Waals surface area contributed by atoms with Gasteiger partial charge in [0.2, 0.25) is 0 Å². The van der Waals surface area contributed by atoms with Crippen molar-refractivity contribution < 1.29 is 14.3 Å². The first-order chi connectivity index (χ1) is 11.1. The highest BCUT2D eigenvalue weighted by Crippen LogP contribution is 2.14. The van der Waals surface area contributed by atoms with Crippen molar-refractivity contribution in [2.75, 3.05) is 37.4 Å². The van der Waals surface area contributed by atoms with Crippen LogP contribution in [0.25, 0.3) is 0 Å². The van der Waals surface area contributed by atoms with Gasteiger partial charge in [-0.25, -0.2) is 9.59 Å². The van der Waals surface area contributed by atoms with Crippen molar-refractivity contribution in [1.29, 1.82) is 0 Å². The van der Waals surface area contributed by atoms with Gasteiger partial charge in [0.05, 0.1) is 6.61 Å². The van der Waals surface area contributed by atoms with E-state index in [9.17, 15) is 9.59 Å². The van der Waals surface area contributed by atoms with Crippen molar-refractivity contribution in [3.63, 3.8) is 0 Å². The summed E-state index contributed by atoms with van der Waals surface area (Å²) in [7, 11) is 2.09. The Kier molecular flexibility index (Phi) is 6.22. The van der Waals surface area contributed by atoms with E-state index in [1.54, 1.807) is 31.2 Å². The molecular weight excluding hydrogens is 296 g/mol. The zero-order valence-corrected chi connectivity index (χ0v) is 13.6. The SMILES string of the molecule is CCOC(=O)Nc1ccc(NC(=O)NC2CCN(C)CC2)cc1. The average molecular weight is 320 g/mol. The maximum atomic E-state index is 12.0. The zero-order chi connectivity index (χ0) is 16.7. The summed E-state index contributed by atoms with van der Waals surface area (Å²) in [6.07, 6.45) is 1.44. The molecule has 126 valence electrons. The molecule has 0 radical (unpaired) electrons. The molecule has 0 aliphatic carbocycles. The average Bonchev–Trinajstić information content (AvgIpc) is 2.52. The van der Waals surface area contributed by atoms with Gasteiger partial charge in [-0.05, 0) is 64.2 Å². The highest BCUT2D eigenvalue weighted by atomic mass is 16.5. The third kappa shape index (κ3) is 5.78. The van der Waals surface area contributed by atoms with Crippen molar-refractivity contribution in [3.05, 3.63) is 24.3 Å². The second-order valence-electron chi connectivity index (χ2n) is 5.60. The first kappa shape index (κ1) is 17.1. The Bertz CT molecular complexity index is 525. The van der Waals surface area contributed by atoms with Crippen molar-refractivity contribution in [2.24, 2.45) is 0 Å². The molecule has 1 saturated heterocycles. The number of urea groups is 1. The standard InChI is InChI=1S/C16H24N4O3/c1-3-23-16(22)19-13-6-4-12(5-7-13)17-15(21)18-14-8-10-20(2)11-9-14/h4-7,14H,3,8-11H2,1-2H3,(H,19,22)(H2,17,18,21). The Morgan fingerprint density at radius 3 is 2.26 bits per heavy atom. The fraction of sp³-hybridized carbons (Fsp3) is 0.500. The number of ether oxygens (including phenoxy) is 1. The van der Waals surface area contributed by atoms with Crippen LogP contribution in [0.3, 0.4) is 0 Å².